The molecule has 106 valence electrons. The van der Waals surface area contributed by atoms with Crippen LogP contribution in [0.25, 0.3) is 0 Å². The predicted octanol–water partition coefficient (Wildman–Crippen LogP) is 1.12. The minimum absolute atomic E-state index is 0.633. The second-order valence-corrected chi connectivity index (χ2v) is 5.27. The van der Waals surface area contributed by atoms with Crippen LogP contribution in [0.2, 0.25) is 0 Å². The lowest BCUT2D eigenvalue weighted by Crippen LogP contribution is -2.49. The monoisotopic (exact) mass is 263 g/mol. The first-order valence-corrected chi connectivity index (χ1v) is 7.21. The minimum Gasteiger partial charge on any atom is -0.353 e. The van der Waals surface area contributed by atoms with Gasteiger partial charge in [-0.25, -0.2) is 4.98 Å². The van der Waals surface area contributed by atoms with Gasteiger partial charge in [0.2, 0.25) is 0 Å². The molecule has 0 radical (unpaired) electrons. The second kappa shape index (κ2) is 6.82. The van der Waals surface area contributed by atoms with E-state index in [4.69, 9.17) is 0 Å². The molecule has 5 heteroatoms. The van der Waals surface area contributed by atoms with Gasteiger partial charge in [0.25, 0.3) is 0 Å². The quantitative estimate of drug-likeness (QED) is 0.862. The molecule has 1 N–H and O–H groups in total. The van der Waals surface area contributed by atoms with Gasteiger partial charge in [0.15, 0.2) is 0 Å². The smallest absolute Gasteiger partial charge is 0.147 e. The Morgan fingerprint density at radius 3 is 2.58 bits per heavy atom. The number of hydrogen-bond donors (Lipinski definition) is 1. The van der Waals surface area contributed by atoms with E-state index in [1.165, 1.54) is 0 Å². The van der Waals surface area contributed by atoms with Crippen molar-refractivity contribution in [1.82, 2.24) is 20.2 Å². The Bertz CT molecular complexity index is 385. The van der Waals surface area contributed by atoms with Gasteiger partial charge in [-0.15, -0.1) is 0 Å². The van der Waals surface area contributed by atoms with E-state index in [2.05, 4.69) is 45.9 Å². The zero-order valence-corrected chi connectivity index (χ0v) is 12.3. The Kier molecular flexibility index (Phi) is 5.10. The number of rotatable bonds is 5. The SMILES string of the molecule is CCNCc1cncc(N2CCN(C(C)C)CC2)n1. The van der Waals surface area contributed by atoms with Crippen LogP contribution in [-0.4, -0.2) is 53.6 Å². The van der Waals surface area contributed by atoms with Gasteiger partial charge in [-0.05, 0) is 20.4 Å². The van der Waals surface area contributed by atoms with Crippen molar-refractivity contribution in [2.75, 3.05) is 37.6 Å². The largest absolute Gasteiger partial charge is 0.353 e. The maximum Gasteiger partial charge on any atom is 0.147 e. The average molecular weight is 263 g/mol. The Hall–Kier alpha value is -1.20. The van der Waals surface area contributed by atoms with Gasteiger partial charge in [0, 0.05) is 45.0 Å². The Morgan fingerprint density at radius 2 is 1.95 bits per heavy atom. The standard InChI is InChI=1S/C14H25N5/c1-4-15-9-13-10-16-11-14(17-13)19-7-5-18(6-8-19)12(2)3/h10-12,15H,4-9H2,1-3H3. The van der Waals surface area contributed by atoms with Crippen LogP contribution in [-0.2, 0) is 6.54 Å². The maximum absolute atomic E-state index is 4.69. The number of nitrogens with one attached hydrogen (secondary N) is 1. The third kappa shape index (κ3) is 3.88. The molecule has 0 amide bonds. The fraction of sp³-hybridized carbons (Fsp3) is 0.714. The van der Waals surface area contributed by atoms with E-state index in [0.29, 0.717) is 6.04 Å². The molecule has 1 aliphatic rings. The molecule has 0 atom stereocenters. The third-order valence-electron chi connectivity index (χ3n) is 3.60. The van der Waals surface area contributed by atoms with E-state index in [9.17, 15) is 0 Å². The Morgan fingerprint density at radius 1 is 1.21 bits per heavy atom. The molecule has 1 fully saturated rings. The zero-order valence-electron chi connectivity index (χ0n) is 12.3. The Labute approximate surface area is 116 Å². The number of aromatic nitrogens is 2. The number of hydrogen-bond acceptors (Lipinski definition) is 5. The van der Waals surface area contributed by atoms with E-state index in [1.54, 1.807) is 0 Å². The highest BCUT2D eigenvalue weighted by Gasteiger charge is 2.19. The van der Waals surface area contributed by atoms with Gasteiger partial charge in [0.05, 0.1) is 11.9 Å². The lowest BCUT2D eigenvalue weighted by Gasteiger charge is -2.37. The van der Waals surface area contributed by atoms with Crippen LogP contribution in [0.15, 0.2) is 12.4 Å². The molecule has 0 aromatic carbocycles. The lowest BCUT2D eigenvalue weighted by molar-refractivity contribution is 0.209. The summed E-state index contributed by atoms with van der Waals surface area (Å²) in [4.78, 5) is 13.8. The molecule has 0 spiro atoms. The van der Waals surface area contributed by atoms with Crippen LogP contribution < -0.4 is 10.2 Å². The highest BCUT2D eigenvalue weighted by atomic mass is 15.3. The highest BCUT2D eigenvalue weighted by Crippen LogP contribution is 2.14. The molecule has 0 unspecified atom stereocenters. The normalized spacial score (nSPS) is 17.2. The summed E-state index contributed by atoms with van der Waals surface area (Å²) in [6, 6.07) is 0.633. The van der Waals surface area contributed by atoms with Crippen LogP contribution in [0.5, 0.6) is 0 Å². The molecule has 5 nitrogen and oxygen atoms in total. The van der Waals surface area contributed by atoms with Gasteiger partial charge >= 0.3 is 0 Å². The molecule has 19 heavy (non-hydrogen) atoms. The fourth-order valence-electron chi connectivity index (χ4n) is 2.35. The topological polar surface area (TPSA) is 44.3 Å². The van der Waals surface area contributed by atoms with Gasteiger partial charge in [-0.3, -0.25) is 9.88 Å². The van der Waals surface area contributed by atoms with Gasteiger partial charge in [-0.2, -0.15) is 0 Å². The van der Waals surface area contributed by atoms with Crippen LogP contribution in [0, 0.1) is 0 Å². The molecule has 0 saturated carbocycles. The summed E-state index contributed by atoms with van der Waals surface area (Å²) in [7, 11) is 0. The van der Waals surface area contributed by atoms with Crippen molar-refractivity contribution in [2.45, 2.75) is 33.4 Å². The first-order valence-electron chi connectivity index (χ1n) is 7.21. The average Bonchev–Trinajstić information content (AvgIpc) is 2.45. The molecule has 2 heterocycles. The summed E-state index contributed by atoms with van der Waals surface area (Å²) in [5.41, 5.74) is 1.02. The molecule has 0 bridgehead atoms. The van der Waals surface area contributed by atoms with E-state index >= 15 is 0 Å². The van der Waals surface area contributed by atoms with Crippen LogP contribution >= 0.6 is 0 Å². The molecule has 2 rings (SSSR count). The van der Waals surface area contributed by atoms with Gasteiger partial charge in [-0.1, -0.05) is 6.92 Å². The zero-order chi connectivity index (χ0) is 13.7. The van der Waals surface area contributed by atoms with E-state index in [-0.39, 0.29) is 0 Å². The molecule has 1 saturated heterocycles. The summed E-state index contributed by atoms with van der Waals surface area (Å²) in [6.07, 6.45) is 3.72. The highest BCUT2D eigenvalue weighted by molar-refractivity contribution is 5.37. The van der Waals surface area contributed by atoms with Gasteiger partial charge in [0.1, 0.15) is 5.82 Å². The molecule has 1 aromatic heterocycles. The Balaban J connectivity index is 1.95. The summed E-state index contributed by atoms with van der Waals surface area (Å²) < 4.78 is 0. The molecule has 1 aromatic rings. The number of nitrogens with zero attached hydrogens (tertiary/aromatic N) is 4. The van der Waals surface area contributed by atoms with Crippen molar-refractivity contribution in [2.24, 2.45) is 0 Å². The van der Waals surface area contributed by atoms with Crippen molar-refractivity contribution in [3.05, 3.63) is 18.1 Å². The summed E-state index contributed by atoms with van der Waals surface area (Å²) in [5, 5.41) is 3.29. The molecule has 0 aliphatic carbocycles. The third-order valence-corrected chi connectivity index (χ3v) is 3.60. The van der Waals surface area contributed by atoms with Crippen LogP contribution in [0.4, 0.5) is 5.82 Å². The first-order chi connectivity index (χ1) is 9.20. The van der Waals surface area contributed by atoms with E-state index < -0.39 is 0 Å². The first kappa shape index (κ1) is 14.2. The summed E-state index contributed by atoms with van der Waals surface area (Å²) >= 11 is 0. The number of anilines is 1. The lowest BCUT2D eigenvalue weighted by atomic mass is 10.2. The second-order valence-electron chi connectivity index (χ2n) is 5.27. The summed E-state index contributed by atoms with van der Waals surface area (Å²) in [5.74, 6) is 1.01. The predicted molar refractivity (Wildman–Crippen MR) is 78.3 cm³/mol. The van der Waals surface area contributed by atoms with Crippen LogP contribution in [0.3, 0.4) is 0 Å². The van der Waals surface area contributed by atoms with Gasteiger partial charge < -0.3 is 10.2 Å². The molecule has 1 aliphatic heterocycles. The maximum atomic E-state index is 4.69. The fourth-order valence-corrected chi connectivity index (χ4v) is 2.35. The van der Waals surface area contributed by atoms with Crippen molar-refractivity contribution < 1.29 is 0 Å². The van der Waals surface area contributed by atoms with Crippen molar-refractivity contribution in [3.8, 4) is 0 Å². The molecular weight excluding hydrogens is 238 g/mol. The van der Waals surface area contributed by atoms with E-state index in [1.807, 2.05) is 12.4 Å². The van der Waals surface area contributed by atoms with E-state index in [0.717, 1.165) is 50.8 Å². The summed E-state index contributed by atoms with van der Waals surface area (Å²) in [6.45, 7) is 12.7. The van der Waals surface area contributed by atoms with Crippen molar-refractivity contribution >= 4 is 5.82 Å². The molecular formula is C14H25N5. The minimum atomic E-state index is 0.633. The van der Waals surface area contributed by atoms with Crippen LogP contribution in [0.1, 0.15) is 26.5 Å². The van der Waals surface area contributed by atoms with Crippen molar-refractivity contribution in [1.29, 1.82) is 0 Å². The van der Waals surface area contributed by atoms with Crippen molar-refractivity contribution in [3.63, 3.8) is 0 Å². The number of piperazine rings is 1.